The molecule has 1 aromatic carbocycles. The van der Waals surface area contributed by atoms with Crippen LogP contribution >= 0.6 is 0 Å². The number of hydrogen-bond donors (Lipinski definition) is 1. The van der Waals surface area contributed by atoms with Crippen LogP contribution in [0.15, 0.2) is 24.3 Å². The van der Waals surface area contributed by atoms with Crippen molar-refractivity contribution >= 4 is 5.69 Å². The first kappa shape index (κ1) is 11.2. The molecule has 0 saturated carbocycles. The SMILES string of the molecule is COc1ccc(N(CCN)C2COC2)cc1. The molecule has 0 spiro atoms. The number of nitrogens with zero attached hydrogens (tertiary/aromatic N) is 1. The molecular formula is C12H18N2O2. The summed E-state index contributed by atoms with van der Waals surface area (Å²) in [4.78, 5) is 2.29. The summed E-state index contributed by atoms with van der Waals surface area (Å²) in [6.07, 6.45) is 0. The van der Waals surface area contributed by atoms with Crippen molar-refractivity contribution in [1.82, 2.24) is 0 Å². The van der Waals surface area contributed by atoms with Crippen molar-refractivity contribution in [3.8, 4) is 5.75 Å². The molecule has 4 heteroatoms. The summed E-state index contributed by atoms with van der Waals surface area (Å²) in [5.74, 6) is 0.876. The number of nitrogens with two attached hydrogens (primary N) is 1. The third-order valence-corrected chi connectivity index (χ3v) is 2.84. The van der Waals surface area contributed by atoms with Gasteiger partial charge in [0.05, 0.1) is 26.4 Å². The Morgan fingerprint density at radius 3 is 2.50 bits per heavy atom. The van der Waals surface area contributed by atoms with E-state index in [0.717, 1.165) is 25.5 Å². The second-order valence-corrected chi connectivity index (χ2v) is 3.87. The fourth-order valence-corrected chi connectivity index (χ4v) is 1.84. The van der Waals surface area contributed by atoms with Gasteiger partial charge in [0.2, 0.25) is 0 Å². The molecule has 2 rings (SSSR count). The van der Waals surface area contributed by atoms with Crippen LogP contribution < -0.4 is 15.4 Å². The van der Waals surface area contributed by atoms with Crippen molar-refractivity contribution in [3.05, 3.63) is 24.3 Å². The quantitative estimate of drug-likeness (QED) is 0.802. The minimum atomic E-state index is 0.469. The van der Waals surface area contributed by atoms with Crippen molar-refractivity contribution in [1.29, 1.82) is 0 Å². The molecule has 0 aliphatic carbocycles. The van der Waals surface area contributed by atoms with Gasteiger partial charge in [-0.1, -0.05) is 0 Å². The van der Waals surface area contributed by atoms with E-state index in [4.69, 9.17) is 15.2 Å². The Bertz CT molecular complexity index is 322. The van der Waals surface area contributed by atoms with Crippen molar-refractivity contribution in [2.24, 2.45) is 5.73 Å². The summed E-state index contributed by atoms with van der Waals surface area (Å²) in [7, 11) is 1.67. The second kappa shape index (κ2) is 5.18. The van der Waals surface area contributed by atoms with E-state index in [9.17, 15) is 0 Å². The maximum Gasteiger partial charge on any atom is 0.119 e. The van der Waals surface area contributed by atoms with Crippen LogP contribution in [0.4, 0.5) is 5.69 Å². The van der Waals surface area contributed by atoms with Crippen LogP contribution in [0.2, 0.25) is 0 Å². The summed E-state index contributed by atoms with van der Waals surface area (Å²) in [6.45, 7) is 3.11. The Morgan fingerprint density at radius 1 is 1.38 bits per heavy atom. The zero-order valence-corrected chi connectivity index (χ0v) is 9.56. The van der Waals surface area contributed by atoms with Gasteiger partial charge in [-0.2, -0.15) is 0 Å². The van der Waals surface area contributed by atoms with Crippen molar-refractivity contribution in [3.63, 3.8) is 0 Å². The molecule has 0 aromatic heterocycles. The first-order valence-corrected chi connectivity index (χ1v) is 5.53. The monoisotopic (exact) mass is 222 g/mol. The van der Waals surface area contributed by atoms with E-state index in [1.165, 1.54) is 5.69 Å². The van der Waals surface area contributed by atoms with E-state index in [0.29, 0.717) is 12.6 Å². The van der Waals surface area contributed by atoms with Crippen molar-refractivity contribution < 1.29 is 9.47 Å². The number of rotatable bonds is 5. The van der Waals surface area contributed by atoms with Crippen LogP contribution in [0.1, 0.15) is 0 Å². The minimum absolute atomic E-state index is 0.469. The zero-order valence-electron chi connectivity index (χ0n) is 9.56. The summed E-state index contributed by atoms with van der Waals surface area (Å²) in [5.41, 5.74) is 6.81. The van der Waals surface area contributed by atoms with Gasteiger partial charge in [0.15, 0.2) is 0 Å². The predicted molar refractivity (Wildman–Crippen MR) is 64.0 cm³/mol. The van der Waals surface area contributed by atoms with Crippen LogP contribution in [0.25, 0.3) is 0 Å². The predicted octanol–water partition coefficient (Wildman–Crippen LogP) is 0.859. The average Bonchev–Trinajstić information content (AvgIpc) is 2.26. The minimum Gasteiger partial charge on any atom is -0.497 e. The van der Waals surface area contributed by atoms with Gasteiger partial charge >= 0.3 is 0 Å². The van der Waals surface area contributed by atoms with Gasteiger partial charge in [0.1, 0.15) is 5.75 Å². The third kappa shape index (κ3) is 2.28. The standard InChI is InChI=1S/C12H18N2O2/c1-15-12-4-2-10(3-5-12)14(7-6-13)11-8-16-9-11/h2-5,11H,6-9,13H2,1H3. The molecule has 0 unspecified atom stereocenters. The maximum absolute atomic E-state index is 5.63. The lowest BCUT2D eigenvalue weighted by molar-refractivity contribution is 0.00831. The van der Waals surface area contributed by atoms with Crippen LogP contribution in [-0.2, 0) is 4.74 Å². The Kier molecular flexibility index (Phi) is 3.64. The molecule has 2 N–H and O–H groups in total. The highest BCUT2D eigenvalue weighted by atomic mass is 16.5. The normalized spacial score (nSPS) is 15.6. The van der Waals surface area contributed by atoms with Crippen LogP contribution in [-0.4, -0.2) is 39.5 Å². The lowest BCUT2D eigenvalue weighted by Gasteiger charge is -2.38. The van der Waals surface area contributed by atoms with Crippen molar-refractivity contribution in [2.75, 3.05) is 38.3 Å². The van der Waals surface area contributed by atoms with Gasteiger partial charge < -0.3 is 20.1 Å². The molecule has 16 heavy (non-hydrogen) atoms. The van der Waals surface area contributed by atoms with Gasteiger partial charge in [0.25, 0.3) is 0 Å². The Balaban J connectivity index is 2.10. The maximum atomic E-state index is 5.63. The fourth-order valence-electron chi connectivity index (χ4n) is 1.84. The molecule has 0 radical (unpaired) electrons. The Hall–Kier alpha value is -1.26. The lowest BCUT2D eigenvalue weighted by Crippen LogP contribution is -2.50. The van der Waals surface area contributed by atoms with E-state index < -0.39 is 0 Å². The van der Waals surface area contributed by atoms with E-state index in [1.54, 1.807) is 7.11 Å². The highest BCUT2D eigenvalue weighted by molar-refractivity contribution is 5.50. The van der Waals surface area contributed by atoms with E-state index in [2.05, 4.69) is 17.0 Å². The van der Waals surface area contributed by atoms with Gasteiger partial charge in [0, 0.05) is 18.8 Å². The highest BCUT2D eigenvalue weighted by Crippen LogP contribution is 2.23. The van der Waals surface area contributed by atoms with Gasteiger partial charge in [-0.05, 0) is 24.3 Å². The average molecular weight is 222 g/mol. The van der Waals surface area contributed by atoms with Crippen molar-refractivity contribution in [2.45, 2.75) is 6.04 Å². The van der Waals surface area contributed by atoms with E-state index in [1.807, 2.05) is 12.1 Å². The summed E-state index contributed by atoms with van der Waals surface area (Å²) < 4.78 is 10.4. The first-order valence-electron chi connectivity index (χ1n) is 5.53. The number of anilines is 1. The lowest BCUT2D eigenvalue weighted by atomic mass is 10.1. The first-order chi connectivity index (χ1) is 7.85. The smallest absolute Gasteiger partial charge is 0.119 e. The molecule has 1 aliphatic heterocycles. The largest absolute Gasteiger partial charge is 0.497 e. The third-order valence-electron chi connectivity index (χ3n) is 2.84. The molecule has 0 amide bonds. The summed E-state index contributed by atoms with van der Waals surface area (Å²) in [5, 5.41) is 0. The Morgan fingerprint density at radius 2 is 2.06 bits per heavy atom. The molecular weight excluding hydrogens is 204 g/mol. The number of ether oxygens (including phenoxy) is 2. The molecule has 1 fully saturated rings. The topological polar surface area (TPSA) is 47.7 Å². The molecule has 1 aromatic rings. The molecule has 1 aliphatic rings. The summed E-state index contributed by atoms with van der Waals surface area (Å²) >= 11 is 0. The molecule has 1 saturated heterocycles. The Labute approximate surface area is 95.9 Å². The van der Waals surface area contributed by atoms with Crippen LogP contribution in [0.3, 0.4) is 0 Å². The summed E-state index contributed by atoms with van der Waals surface area (Å²) in [6, 6.07) is 8.54. The molecule has 4 nitrogen and oxygen atoms in total. The van der Waals surface area contributed by atoms with Crippen LogP contribution in [0, 0.1) is 0 Å². The van der Waals surface area contributed by atoms with E-state index >= 15 is 0 Å². The fraction of sp³-hybridized carbons (Fsp3) is 0.500. The van der Waals surface area contributed by atoms with Gasteiger partial charge in [-0.25, -0.2) is 0 Å². The van der Waals surface area contributed by atoms with Crippen LogP contribution in [0.5, 0.6) is 5.75 Å². The molecule has 0 atom stereocenters. The highest BCUT2D eigenvalue weighted by Gasteiger charge is 2.25. The molecule has 0 bridgehead atoms. The number of methoxy groups -OCH3 is 1. The zero-order chi connectivity index (χ0) is 11.4. The molecule has 1 heterocycles. The molecule has 88 valence electrons. The van der Waals surface area contributed by atoms with Gasteiger partial charge in [-0.15, -0.1) is 0 Å². The number of benzene rings is 1. The second-order valence-electron chi connectivity index (χ2n) is 3.87. The number of hydrogen-bond acceptors (Lipinski definition) is 4. The van der Waals surface area contributed by atoms with Gasteiger partial charge in [-0.3, -0.25) is 0 Å². The van der Waals surface area contributed by atoms with E-state index in [-0.39, 0.29) is 0 Å².